The van der Waals surface area contributed by atoms with Crippen LogP contribution < -0.4 is 9.64 Å². The van der Waals surface area contributed by atoms with Crippen molar-refractivity contribution in [2.45, 2.75) is 5.41 Å². The molecule has 5 nitrogen and oxygen atoms in total. The minimum Gasteiger partial charge on any atom is -0.457 e. The van der Waals surface area contributed by atoms with Crippen molar-refractivity contribution in [2.75, 3.05) is 4.90 Å². The van der Waals surface area contributed by atoms with Gasteiger partial charge in [-0.2, -0.15) is 0 Å². The van der Waals surface area contributed by atoms with E-state index in [1.165, 1.54) is 6.20 Å². The molecule has 1 aromatic heterocycles. The summed E-state index contributed by atoms with van der Waals surface area (Å²) in [6.45, 7) is 15.3. The fraction of sp³-hybridized carbons (Fsp3) is 0.0263. The second kappa shape index (κ2) is 9.45. The van der Waals surface area contributed by atoms with E-state index in [0.29, 0.717) is 17.1 Å². The fourth-order valence-electron chi connectivity index (χ4n) is 6.75. The van der Waals surface area contributed by atoms with Crippen molar-refractivity contribution in [3.8, 4) is 22.8 Å². The van der Waals surface area contributed by atoms with Crippen LogP contribution in [0.3, 0.4) is 0 Å². The zero-order valence-corrected chi connectivity index (χ0v) is 22.9. The quantitative estimate of drug-likeness (QED) is 0.201. The van der Waals surface area contributed by atoms with Gasteiger partial charge in [0.05, 0.1) is 41.3 Å². The molecule has 200 valence electrons. The summed E-state index contributed by atoms with van der Waals surface area (Å²) in [5.74, 6) is 1.68. The molecule has 0 amide bonds. The maximum Gasteiger partial charge on any atom is 0.203 e. The number of para-hydroxylation sites is 5. The first-order valence-electron chi connectivity index (χ1n) is 14.0. The molecule has 6 aromatic rings. The lowest BCUT2D eigenvalue weighted by Gasteiger charge is -2.48. The molecule has 5 heteroatoms. The summed E-state index contributed by atoms with van der Waals surface area (Å²) in [4.78, 5) is 14.2. The zero-order valence-electron chi connectivity index (χ0n) is 22.9. The van der Waals surface area contributed by atoms with E-state index < -0.39 is 5.41 Å². The first-order chi connectivity index (χ1) is 21.3. The summed E-state index contributed by atoms with van der Waals surface area (Å²) >= 11 is 0. The van der Waals surface area contributed by atoms with E-state index in [1.54, 1.807) is 6.07 Å². The molecule has 0 radical (unpaired) electrons. The van der Waals surface area contributed by atoms with E-state index in [0.717, 1.165) is 56.4 Å². The molecule has 0 saturated heterocycles. The van der Waals surface area contributed by atoms with Crippen LogP contribution in [0.25, 0.3) is 20.9 Å². The highest BCUT2D eigenvalue weighted by molar-refractivity contribution is 5.96. The molecular formula is C38H22N4O. The molecule has 0 unspecified atom stereocenters. The Morgan fingerprint density at radius 1 is 0.581 bits per heavy atom. The van der Waals surface area contributed by atoms with Crippen molar-refractivity contribution < 1.29 is 4.74 Å². The fourth-order valence-corrected chi connectivity index (χ4v) is 6.75. The number of benzene rings is 5. The lowest BCUT2D eigenvalue weighted by Crippen LogP contribution is -2.39. The Labute approximate surface area is 249 Å². The van der Waals surface area contributed by atoms with Crippen molar-refractivity contribution in [2.24, 2.45) is 0 Å². The number of rotatable bonds is 2. The number of hydrogen-bond acceptors (Lipinski definition) is 3. The van der Waals surface area contributed by atoms with E-state index in [4.69, 9.17) is 17.9 Å². The molecule has 2 aliphatic heterocycles. The Kier molecular flexibility index (Phi) is 5.41. The molecule has 1 spiro atoms. The molecule has 2 aliphatic rings. The van der Waals surface area contributed by atoms with Crippen LogP contribution in [0.15, 0.2) is 134 Å². The Morgan fingerprint density at radius 3 is 1.67 bits per heavy atom. The second-order valence-corrected chi connectivity index (χ2v) is 10.5. The standard InChI is InChI=1S/C38H22N4O/c1-39-25-23-31(40-2)37(41-24-25)26-13-3-8-18-32(26)42-33-19-9-4-14-27(33)38(28-15-5-10-20-34(28)42)29-16-6-11-21-35(29)43-36-22-12-7-17-30(36)38/h3-24H. The lowest BCUT2D eigenvalue weighted by molar-refractivity contribution is 0.434. The van der Waals surface area contributed by atoms with Gasteiger partial charge in [-0.25, -0.2) is 9.69 Å². The Balaban J connectivity index is 1.47. The number of aromatic nitrogens is 1. The van der Waals surface area contributed by atoms with Crippen molar-refractivity contribution in [1.82, 2.24) is 4.98 Å². The van der Waals surface area contributed by atoms with E-state index in [9.17, 15) is 0 Å². The van der Waals surface area contributed by atoms with Crippen molar-refractivity contribution in [3.63, 3.8) is 0 Å². The smallest absolute Gasteiger partial charge is 0.203 e. The average Bonchev–Trinajstić information content (AvgIpc) is 3.08. The number of hydrogen-bond donors (Lipinski definition) is 0. The number of fused-ring (bicyclic) bond motifs is 8. The largest absolute Gasteiger partial charge is 0.457 e. The van der Waals surface area contributed by atoms with Gasteiger partial charge in [0.15, 0.2) is 5.69 Å². The average molecular weight is 551 g/mol. The summed E-state index contributed by atoms with van der Waals surface area (Å²) in [7, 11) is 0. The van der Waals surface area contributed by atoms with Gasteiger partial charge >= 0.3 is 0 Å². The number of anilines is 3. The SMILES string of the molecule is [C-]#[N+]c1cnc(-c2ccccc2N2c3ccccc3C3(c4ccccc4Oc4ccccc43)c3ccccc32)c([N+]#[C-])c1. The zero-order chi connectivity index (χ0) is 29.0. The van der Waals surface area contributed by atoms with E-state index in [-0.39, 0.29) is 0 Å². The van der Waals surface area contributed by atoms with Crippen LogP contribution in [-0.2, 0) is 5.41 Å². The Morgan fingerprint density at radius 2 is 1.09 bits per heavy atom. The van der Waals surface area contributed by atoms with Gasteiger partial charge in [0.25, 0.3) is 0 Å². The molecule has 0 fully saturated rings. The van der Waals surface area contributed by atoms with Crippen molar-refractivity contribution in [1.29, 1.82) is 0 Å². The first-order valence-corrected chi connectivity index (χ1v) is 14.0. The highest BCUT2D eigenvalue weighted by atomic mass is 16.5. The highest BCUT2D eigenvalue weighted by Gasteiger charge is 2.51. The molecule has 0 bridgehead atoms. The molecule has 8 rings (SSSR count). The maximum absolute atomic E-state index is 7.88. The third-order valence-corrected chi connectivity index (χ3v) is 8.40. The normalized spacial score (nSPS) is 13.4. The highest BCUT2D eigenvalue weighted by Crippen LogP contribution is 2.63. The van der Waals surface area contributed by atoms with Gasteiger partial charge in [-0.3, -0.25) is 4.98 Å². The number of nitrogens with zero attached hydrogens (tertiary/aromatic N) is 4. The van der Waals surface area contributed by atoms with E-state index in [2.05, 4.69) is 98.4 Å². The molecule has 5 aromatic carbocycles. The third-order valence-electron chi connectivity index (χ3n) is 8.40. The van der Waals surface area contributed by atoms with Crippen LogP contribution in [0.2, 0.25) is 0 Å². The molecule has 0 atom stereocenters. The molecule has 0 N–H and O–H groups in total. The summed E-state index contributed by atoms with van der Waals surface area (Å²) < 4.78 is 6.50. The first kappa shape index (κ1) is 24.6. The molecule has 0 aliphatic carbocycles. The minimum absolute atomic E-state index is 0.347. The second-order valence-electron chi connectivity index (χ2n) is 10.5. The van der Waals surface area contributed by atoms with E-state index >= 15 is 0 Å². The van der Waals surface area contributed by atoms with Gasteiger partial charge in [0.1, 0.15) is 11.5 Å². The number of pyridine rings is 1. The predicted molar refractivity (Wildman–Crippen MR) is 169 cm³/mol. The van der Waals surface area contributed by atoms with Gasteiger partial charge in [-0.05, 0) is 47.5 Å². The van der Waals surface area contributed by atoms with Gasteiger partial charge in [-0.1, -0.05) is 91.0 Å². The van der Waals surface area contributed by atoms with Crippen LogP contribution >= 0.6 is 0 Å². The van der Waals surface area contributed by atoms with Crippen LogP contribution in [0.1, 0.15) is 22.3 Å². The minimum atomic E-state index is -0.624. The van der Waals surface area contributed by atoms with Gasteiger partial charge in [0.2, 0.25) is 5.69 Å². The monoisotopic (exact) mass is 550 g/mol. The van der Waals surface area contributed by atoms with E-state index in [1.807, 2.05) is 42.5 Å². The summed E-state index contributed by atoms with van der Waals surface area (Å²) in [5.41, 5.74) is 8.85. The van der Waals surface area contributed by atoms with Gasteiger partial charge < -0.3 is 9.64 Å². The summed E-state index contributed by atoms with van der Waals surface area (Å²) in [6, 6.07) is 43.4. The van der Waals surface area contributed by atoms with Crippen molar-refractivity contribution in [3.05, 3.63) is 179 Å². The molecular weight excluding hydrogens is 528 g/mol. The Bertz CT molecular complexity index is 2080. The van der Waals surface area contributed by atoms with Crippen LogP contribution in [0.5, 0.6) is 11.5 Å². The van der Waals surface area contributed by atoms with Gasteiger partial charge in [-0.15, -0.1) is 0 Å². The Hall–Kier alpha value is -6.17. The molecule has 43 heavy (non-hydrogen) atoms. The molecule has 3 heterocycles. The summed E-state index contributed by atoms with van der Waals surface area (Å²) in [5, 5.41) is 0. The predicted octanol–water partition coefficient (Wildman–Crippen LogP) is 10.1. The lowest BCUT2D eigenvalue weighted by atomic mass is 9.61. The maximum atomic E-state index is 7.88. The third kappa shape index (κ3) is 3.40. The van der Waals surface area contributed by atoms with Crippen LogP contribution in [0.4, 0.5) is 28.4 Å². The van der Waals surface area contributed by atoms with Crippen LogP contribution in [-0.4, -0.2) is 4.98 Å². The van der Waals surface area contributed by atoms with Gasteiger partial charge in [0, 0.05) is 22.9 Å². The number of ether oxygens (including phenoxy) is 1. The topological polar surface area (TPSA) is 34.1 Å². The van der Waals surface area contributed by atoms with Crippen molar-refractivity contribution >= 4 is 28.4 Å². The molecule has 0 saturated carbocycles. The summed E-state index contributed by atoms with van der Waals surface area (Å²) in [6.07, 6.45) is 1.54. The van der Waals surface area contributed by atoms with Crippen LogP contribution in [0, 0.1) is 13.1 Å².